The van der Waals surface area contributed by atoms with Gasteiger partial charge in [-0.2, -0.15) is 0 Å². The van der Waals surface area contributed by atoms with E-state index in [4.69, 9.17) is 0 Å². The third kappa shape index (κ3) is 0.381. The zero-order chi connectivity index (χ0) is 3.70. The van der Waals surface area contributed by atoms with Crippen LogP contribution in [0.2, 0.25) is 0 Å². The van der Waals surface area contributed by atoms with Crippen LogP contribution in [0.15, 0.2) is 11.9 Å². The molecule has 1 unspecified atom stereocenters. The molecule has 1 aliphatic heterocycles. The van der Waals surface area contributed by atoms with Gasteiger partial charge in [0.15, 0.2) is 12.0 Å². The Morgan fingerprint density at radius 2 is 2.20 bits per heavy atom. The Morgan fingerprint density at radius 1 is 1.80 bits per heavy atom. The van der Waals surface area contributed by atoms with Crippen molar-refractivity contribution in [1.82, 2.24) is 0 Å². The molecule has 26 valence electrons. The van der Waals surface area contributed by atoms with Crippen LogP contribution in [-0.2, 0) is 4.57 Å². The predicted molar refractivity (Wildman–Crippen MR) is 21.6 cm³/mol. The molecule has 0 amide bonds. The van der Waals surface area contributed by atoms with Crippen molar-refractivity contribution < 1.29 is 4.57 Å². The molecular weight excluding hydrogens is 83.0 g/mol. The molecule has 0 bridgehead atoms. The van der Waals surface area contributed by atoms with Gasteiger partial charge < -0.3 is 0 Å². The average molecular weight is 87.0 g/mol. The van der Waals surface area contributed by atoms with Gasteiger partial charge in [0.05, 0.1) is 0 Å². The maximum atomic E-state index is 9.96. The van der Waals surface area contributed by atoms with Crippen LogP contribution in [0.1, 0.15) is 0 Å². The minimum Gasteiger partial charge on any atom is -0.0684 e. The van der Waals surface area contributed by atoms with Crippen molar-refractivity contribution in [2.75, 3.05) is 6.16 Å². The summed E-state index contributed by atoms with van der Waals surface area (Å²) in [5.74, 6) is 1.73. The first-order valence-corrected chi connectivity index (χ1v) is 3.01. The summed E-state index contributed by atoms with van der Waals surface area (Å²) in [4.78, 5) is 0. The molecule has 2 heteroatoms. The average Bonchev–Trinajstić information content (AvgIpc) is 1.30. The van der Waals surface area contributed by atoms with Gasteiger partial charge in [0.1, 0.15) is 0 Å². The van der Waals surface area contributed by atoms with Gasteiger partial charge in [-0.15, -0.1) is 0 Å². The summed E-state index contributed by atoms with van der Waals surface area (Å²) in [6.07, 6.45) is 2.73. The van der Waals surface area contributed by atoms with Crippen molar-refractivity contribution in [3.05, 3.63) is 11.9 Å². The molecule has 0 aliphatic carbocycles. The predicted octanol–water partition coefficient (Wildman–Crippen LogP) is 1.34. The fourth-order valence-electron chi connectivity index (χ4n) is 0.191. The Kier molecular flexibility index (Phi) is 0.553. The highest BCUT2D eigenvalue weighted by atomic mass is 31.1. The number of allylic oxidation sites excluding steroid dienone is 1. The van der Waals surface area contributed by atoms with Gasteiger partial charge in [0.2, 0.25) is 0 Å². The first kappa shape index (κ1) is 3.05. The van der Waals surface area contributed by atoms with Crippen molar-refractivity contribution in [3.63, 3.8) is 0 Å². The molecule has 0 radical (unpaired) electrons. The lowest BCUT2D eigenvalue weighted by Gasteiger charge is -1.76. The van der Waals surface area contributed by atoms with Crippen LogP contribution in [0.5, 0.6) is 0 Å². The van der Waals surface area contributed by atoms with Crippen molar-refractivity contribution in [1.29, 1.82) is 0 Å². The lowest BCUT2D eigenvalue weighted by Crippen LogP contribution is -1.73. The van der Waals surface area contributed by atoms with Gasteiger partial charge in [-0.05, 0) is 0 Å². The highest BCUT2D eigenvalue weighted by Gasteiger charge is 2.15. The minimum absolute atomic E-state index is 0.815. The van der Waals surface area contributed by atoms with E-state index in [0.29, 0.717) is 0 Å². The second-order valence-electron chi connectivity index (χ2n) is 0.984. The van der Waals surface area contributed by atoms with Gasteiger partial charge in [-0.3, -0.25) is 0 Å². The van der Waals surface area contributed by atoms with E-state index >= 15 is 0 Å². The SMILES string of the molecule is O=[P+]1C=CC1. The standard InChI is InChI=1S/C3H4OP/c4-5-2-1-3-5/h1-2H,3H2/q+1. The van der Waals surface area contributed by atoms with Crippen molar-refractivity contribution in [2.45, 2.75) is 0 Å². The van der Waals surface area contributed by atoms with Crippen LogP contribution >= 0.6 is 7.80 Å². The molecule has 0 spiro atoms. The fraction of sp³-hybridized carbons (Fsp3) is 0.333. The molecule has 0 aromatic rings. The Morgan fingerprint density at radius 3 is 2.20 bits per heavy atom. The van der Waals surface area contributed by atoms with Crippen LogP contribution in [0, 0.1) is 0 Å². The van der Waals surface area contributed by atoms with Crippen LogP contribution in [-0.4, -0.2) is 6.16 Å². The van der Waals surface area contributed by atoms with Gasteiger partial charge >= 0.3 is 7.80 Å². The zero-order valence-electron chi connectivity index (χ0n) is 2.72. The van der Waals surface area contributed by atoms with Crippen molar-refractivity contribution in [2.24, 2.45) is 0 Å². The summed E-state index contributed by atoms with van der Waals surface area (Å²) in [5.41, 5.74) is 0. The van der Waals surface area contributed by atoms with E-state index in [1.165, 1.54) is 0 Å². The van der Waals surface area contributed by atoms with E-state index in [1.807, 2.05) is 6.08 Å². The Hall–Kier alpha value is -0.160. The molecule has 0 aromatic carbocycles. The van der Waals surface area contributed by atoms with E-state index < -0.39 is 7.80 Å². The van der Waals surface area contributed by atoms with Gasteiger partial charge in [-0.25, -0.2) is 0 Å². The molecule has 0 saturated carbocycles. The Bertz CT molecular complexity index is 84.9. The highest BCUT2D eigenvalue weighted by Crippen LogP contribution is 2.29. The Labute approximate surface area is 31.5 Å². The van der Waals surface area contributed by atoms with Gasteiger partial charge in [-0.1, -0.05) is 4.57 Å². The smallest absolute Gasteiger partial charge is 0.0684 e. The highest BCUT2D eigenvalue weighted by molar-refractivity contribution is 7.50. The largest absolute Gasteiger partial charge is 0.373 e. The lowest BCUT2D eigenvalue weighted by atomic mass is 10.7. The molecular formula is C3H4OP+. The second-order valence-corrected chi connectivity index (χ2v) is 2.48. The van der Waals surface area contributed by atoms with Crippen molar-refractivity contribution >= 4 is 7.80 Å². The summed E-state index contributed by atoms with van der Waals surface area (Å²) in [5, 5.41) is 0. The molecule has 1 nitrogen and oxygen atoms in total. The number of rotatable bonds is 0. The molecule has 1 rings (SSSR count). The maximum Gasteiger partial charge on any atom is 0.373 e. The second kappa shape index (κ2) is 0.908. The first-order chi connectivity index (χ1) is 2.39. The molecule has 1 heterocycles. The summed E-state index contributed by atoms with van der Waals surface area (Å²) in [6, 6.07) is 0. The quantitative estimate of drug-likeness (QED) is 0.407. The first-order valence-electron chi connectivity index (χ1n) is 1.50. The molecule has 0 fully saturated rings. The monoisotopic (exact) mass is 87.0 g/mol. The molecule has 0 aromatic heterocycles. The molecule has 1 atom stereocenters. The number of hydrogen-bond acceptors (Lipinski definition) is 1. The summed E-state index contributed by atoms with van der Waals surface area (Å²) >= 11 is 0. The fourth-order valence-corrected chi connectivity index (χ4v) is 0.574. The summed E-state index contributed by atoms with van der Waals surface area (Å²) in [7, 11) is -0.848. The lowest BCUT2D eigenvalue weighted by molar-refractivity contribution is 0.592. The van der Waals surface area contributed by atoms with Crippen LogP contribution < -0.4 is 0 Å². The molecule has 1 aliphatic rings. The van der Waals surface area contributed by atoms with Crippen molar-refractivity contribution in [3.8, 4) is 0 Å². The van der Waals surface area contributed by atoms with E-state index in [9.17, 15) is 4.57 Å². The Balaban J connectivity index is 2.71. The molecule has 0 N–H and O–H groups in total. The molecule has 5 heavy (non-hydrogen) atoms. The van der Waals surface area contributed by atoms with Gasteiger partial charge in [0, 0.05) is 6.08 Å². The minimum atomic E-state index is -0.848. The van der Waals surface area contributed by atoms with Crippen LogP contribution in [0.3, 0.4) is 0 Å². The zero-order valence-corrected chi connectivity index (χ0v) is 3.61. The third-order valence-electron chi connectivity index (χ3n) is 0.557. The van der Waals surface area contributed by atoms with E-state index in [2.05, 4.69) is 0 Å². The van der Waals surface area contributed by atoms with Crippen LogP contribution in [0.25, 0.3) is 0 Å². The number of hydrogen-bond donors (Lipinski definition) is 0. The maximum absolute atomic E-state index is 9.96. The normalized spacial score (nSPS) is 26.0. The molecule has 0 saturated heterocycles. The summed E-state index contributed by atoms with van der Waals surface area (Å²) in [6.45, 7) is 0. The third-order valence-corrected chi connectivity index (χ3v) is 1.67. The van der Waals surface area contributed by atoms with Gasteiger partial charge in [0.25, 0.3) is 0 Å². The van der Waals surface area contributed by atoms with E-state index in [0.717, 1.165) is 6.16 Å². The van der Waals surface area contributed by atoms with E-state index in [1.54, 1.807) is 5.82 Å². The van der Waals surface area contributed by atoms with E-state index in [-0.39, 0.29) is 0 Å². The summed E-state index contributed by atoms with van der Waals surface area (Å²) < 4.78 is 9.96. The van der Waals surface area contributed by atoms with Crippen LogP contribution in [0.4, 0.5) is 0 Å². The topological polar surface area (TPSA) is 17.1 Å².